The molecule has 0 fully saturated rings. The van der Waals surface area contributed by atoms with Crippen LogP contribution < -0.4 is 21.5 Å². The maximum absolute atomic E-state index is 13.3. The van der Waals surface area contributed by atoms with Gasteiger partial charge in [-0.15, -0.1) is 0 Å². The molecule has 0 atom stereocenters. The summed E-state index contributed by atoms with van der Waals surface area (Å²) in [6.07, 6.45) is 9.33. The molecule has 1 aromatic carbocycles. The van der Waals surface area contributed by atoms with Crippen molar-refractivity contribution in [3.8, 4) is 0 Å². The number of carbonyl (C=O) groups excluding carboxylic acids is 2. The van der Waals surface area contributed by atoms with Gasteiger partial charge in [0.2, 0.25) is 23.0 Å². The van der Waals surface area contributed by atoms with E-state index in [1.807, 2.05) is 12.1 Å². The molecule has 0 bridgehead atoms. The van der Waals surface area contributed by atoms with Gasteiger partial charge in [0.05, 0.1) is 13.1 Å². The van der Waals surface area contributed by atoms with Gasteiger partial charge >= 0.3 is 0 Å². The number of imidazole rings is 1. The van der Waals surface area contributed by atoms with E-state index in [9.17, 15) is 9.59 Å². The van der Waals surface area contributed by atoms with Gasteiger partial charge in [-0.2, -0.15) is 0 Å². The Hall–Kier alpha value is -1.75. The summed E-state index contributed by atoms with van der Waals surface area (Å²) in [6, 6.07) is 7.24. The third-order valence-corrected chi connectivity index (χ3v) is 5.86. The third-order valence-electron chi connectivity index (χ3n) is 5.86. The maximum Gasteiger partial charge on any atom is 0.254 e. The number of carbonyl (C=O) groups is 2. The van der Waals surface area contributed by atoms with Gasteiger partial charge in [0.1, 0.15) is 0 Å². The summed E-state index contributed by atoms with van der Waals surface area (Å²) < 4.78 is 4.20. The average molecular weight is 461 g/mol. The number of benzene rings is 1. The monoisotopic (exact) mass is 460 g/mol. The molecule has 1 heterocycles. The Morgan fingerprint density at radius 2 is 1.41 bits per heavy atom. The molecule has 0 radical (unpaired) electrons. The maximum atomic E-state index is 13.3. The molecule has 158 valence electrons. The predicted octanol–water partition coefficient (Wildman–Crippen LogP) is 2.02. The van der Waals surface area contributed by atoms with E-state index in [-0.39, 0.29) is 28.5 Å². The molecule has 1 aromatic heterocycles. The molecule has 1 aliphatic carbocycles. The number of aromatic nitrogens is 2. The molecule has 1 aliphatic rings. The second-order valence-electron chi connectivity index (χ2n) is 7.87. The Bertz CT molecular complexity index is 870. The zero-order valence-electron chi connectivity index (χ0n) is 18.0. The Kier molecular flexibility index (Phi) is 8.81. The van der Waals surface area contributed by atoms with Crippen molar-refractivity contribution in [2.24, 2.45) is 0 Å². The van der Waals surface area contributed by atoms with E-state index < -0.39 is 0 Å². The number of ketones is 2. The van der Waals surface area contributed by atoms with Crippen LogP contribution in [0.25, 0.3) is 0 Å². The minimum absolute atomic E-state index is 0. The fourth-order valence-corrected chi connectivity index (χ4v) is 4.23. The number of unbranched alkanes of at least 4 members (excludes halogenated alkanes) is 6. The highest BCUT2D eigenvalue weighted by Gasteiger charge is 2.42. The summed E-state index contributed by atoms with van der Waals surface area (Å²) in [4.78, 5) is 26.6. The van der Waals surface area contributed by atoms with Crippen LogP contribution in [0.4, 0.5) is 0 Å². The Morgan fingerprint density at radius 1 is 0.828 bits per heavy atom. The van der Waals surface area contributed by atoms with Gasteiger partial charge in [-0.3, -0.25) is 9.59 Å². The van der Waals surface area contributed by atoms with Gasteiger partial charge in [-0.05, 0) is 19.3 Å². The standard InChI is InChI=1S/C24H33N2O2.BrH/c1-4-6-8-9-10-13-17-26-18(3)25(16-7-5-2)21-22(26)24(28)20-15-12-11-14-19(20)23(21)27;/h11-12,14-15H,4-10,13,16-17H2,1-3H3;1H/q+1;/p-1. The van der Waals surface area contributed by atoms with Crippen molar-refractivity contribution < 1.29 is 31.1 Å². The first-order chi connectivity index (χ1) is 13.6. The highest BCUT2D eigenvalue weighted by molar-refractivity contribution is 6.26. The molecular weight excluding hydrogens is 428 g/mol. The first kappa shape index (κ1) is 23.5. The van der Waals surface area contributed by atoms with Gasteiger partial charge < -0.3 is 17.0 Å². The summed E-state index contributed by atoms with van der Waals surface area (Å²) in [6.45, 7) is 8.02. The zero-order valence-corrected chi connectivity index (χ0v) is 19.6. The van der Waals surface area contributed by atoms with Gasteiger partial charge in [0, 0.05) is 18.1 Å². The van der Waals surface area contributed by atoms with E-state index in [1.165, 1.54) is 32.1 Å². The van der Waals surface area contributed by atoms with E-state index in [4.69, 9.17) is 0 Å². The Morgan fingerprint density at radius 3 is 2.07 bits per heavy atom. The molecule has 29 heavy (non-hydrogen) atoms. The van der Waals surface area contributed by atoms with Crippen LogP contribution in [0.3, 0.4) is 0 Å². The second kappa shape index (κ2) is 10.9. The normalized spacial score (nSPS) is 12.5. The van der Waals surface area contributed by atoms with E-state index in [0.717, 1.165) is 38.2 Å². The SMILES string of the molecule is CCCCCCCC[n+]1c2c(n(CCCC)c1C)C(=O)c1ccccc1C2=O.[Br-]. The third kappa shape index (κ3) is 4.71. The minimum atomic E-state index is -0.00824. The smallest absolute Gasteiger partial charge is 0.254 e. The van der Waals surface area contributed by atoms with Crippen molar-refractivity contribution in [3.63, 3.8) is 0 Å². The van der Waals surface area contributed by atoms with Crippen LogP contribution in [0.2, 0.25) is 0 Å². The van der Waals surface area contributed by atoms with E-state index in [0.29, 0.717) is 22.5 Å². The number of hydrogen-bond acceptors (Lipinski definition) is 2. The second-order valence-corrected chi connectivity index (χ2v) is 7.87. The van der Waals surface area contributed by atoms with Crippen LogP contribution in [0.5, 0.6) is 0 Å². The van der Waals surface area contributed by atoms with Crippen LogP contribution in [0.1, 0.15) is 103 Å². The molecule has 0 saturated carbocycles. The van der Waals surface area contributed by atoms with Crippen molar-refractivity contribution in [1.29, 1.82) is 0 Å². The van der Waals surface area contributed by atoms with Gasteiger partial charge in [-0.1, -0.05) is 70.2 Å². The highest BCUT2D eigenvalue weighted by Crippen LogP contribution is 2.27. The van der Waals surface area contributed by atoms with Crippen molar-refractivity contribution in [3.05, 3.63) is 52.6 Å². The number of nitrogens with zero attached hydrogens (tertiary/aromatic N) is 2. The van der Waals surface area contributed by atoms with E-state index in [1.54, 1.807) is 12.1 Å². The lowest BCUT2D eigenvalue weighted by atomic mass is 9.90. The Balaban J connectivity index is 0.00000300. The highest BCUT2D eigenvalue weighted by atomic mass is 79.9. The summed E-state index contributed by atoms with van der Waals surface area (Å²) in [5, 5.41) is 0. The van der Waals surface area contributed by atoms with Crippen LogP contribution in [0.15, 0.2) is 24.3 Å². The molecular formula is C24H33BrN2O2. The Labute approximate surface area is 185 Å². The van der Waals surface area contributed by atoms with Crippen LogP contribution in [0, 0.1) is 6.92 Å². The van der Waals surface area contributed by atoms with Crippen LogP contribution in [-0.2, 0) is 13.1 Å². The number of hydrogen-bond donors (Lipinski definition) is 0. The predicted molar refractivity (Wildman–Crippen MR) is 111 cm³/mol. The summed E-state index contributed by atoms with van der Waals surface area (Å²) in [7, 11) is 0. The van der Waals surface area contributed by atoms with E-state index >= 15 is 0 Å². The lowest BCUT2D eigenvalue weighted by Gasteiger charge is -2.13. The molecule has 4 nitrogen and oxygen atoms in total. The molecule has 2 aromatic rings. The average Bonchev–Trinajstić information content (AvgIpc) is 2.99. The molecule has 5 heteroatoms. The van der Waals surface area contributed by atoms with Crippen molar-refractivity contribution in [1.82, 2.24) is 4.57 Å². The van der Waals surface area contributed by atoms with Crippen molar-refractivity contribution in [2.75, 3.05) is 0 Å². The molecule has 0 amide bonds. The molecule has 0 aliphatic heterocycles. The summed E-state index contributed by atoms with van der Waals surface area (Å²) in [5.41, 5.74) is 2.29. The quantitative estimate of drug-likeness (QED) is 0.343. The van der Waals surface area contributed by atoms with E-state index in [2.05, 4.69) is 29.9 Å². The first-order valence-electron chi connectivity index (χ1n) is 10.9. The zero-order chi connectivity index (χ0) is 20.1. The number of fused-ring (bicyclic) bond motifs is 2. The van der Waals surface area contributed by atoms with Gasteiger partial charge in [0.15, 0.2) is 0 Å². The lowest BCUT2D eigenvalue weighted by Crippen LogP contribution is -3.00. The minimum Gasteiger partial charge on any atom is -1.00 e. The lowest BCUT2D eigenvalue weighted by molar-refractivity contribution is -0.704. The first-order valence-corrected chi connectivity index (χ1v) is 10.9. The molecule has 0 N–H and O–H groups in total. The van der Waals surface area contributed by atoms with Crippen molar-refractivity contribution in [2.45, 2.75) is 85.2 Å². The summed E-state index contributed by atoms with van der Waals surface area (Å²) >= 11 is 0. The number of halogens is 1. The molecule has 0 spiro atoms. The summed E-state index contributed by atoms with van der Waals surface area (Å²) in [5.74, 6) is 1.02. The molecule has 3 rings (SSSR count). The van der Waals surface area contributed by atoms with Crippen LogP contribution >= 0.6 is 0 Å². The van der Waals surface area contributed by atoms with Gasteiger partial charge in [0.25, 0.3) is 5.82 Å². The topological polar surface area (TPSA) is 43.0 Å². The van der Waals surface area contributed by atoms with Crippen LogP contribution in [-0.4, -0.2) is 16.1 Å². The van der Waals surface area contributed by atoms with Gasteiger partial charge in [-0.25, -0.2) is 9.13 Å². The number of rotatable bonds is 10. The fraction of sp³-hybridized carbons (Fsp3) is 0.542. The molecule has 0 unspecified atom stereocenters. The molecule has 0 saturated heterocycles. The largest absolute Gasteiger partial charge is 1.00 e. The fourth-order valence-electron chi connectivity index (χ4n) is 4.23. The van der Waals surface area contributed by atoms with Crippen molar-refractivity contribution >= 4 is 11.6 Å².